The summed E-state index contributed by atoms with van der Waals surface area (Å²) in [5.74, 6) is 1.65. The number of carbonyl (C=O) groups is 2. The van der Waals surface area contributed by atoms with E-state index in [2.05, 4.69) is 0 Å². The van der Waals surface area contributed by atoms with E-state index in [1.807, 2.05) is 66.7 Å². The molecule has 8 rings (SSSR count). The highest BCUT2D eigenvalue weighted by atomic mass is 35.5. The Labute approximate surface area is 289 Å². The molecule has 0 aromatic heterocycles. The van der Waals surface area contributed by atoms with Crippen LogP contribution in [0.25, 0.3) is 0 Å². The Balaban J connectivity index is 0.000000144. The molecule has 3 aliphatic carbocycles. The molecule has 0 bridgehead atoms. The lowest BCUT2D eigenvalue weighted by molar-refractivity contribution is -0.141. The highest BCUT2D eigenvalue weighted by Gasteiger charge is 2.29. The zero-order chi connectivity index (χ0) is 33.1. The number of esters is 1. The lowest BCUT2D eigenvalue weighted by atomic mass is 9.98. The molecule has 4 aromatic rings. The average molecular weight is 694 g/mol. The number of Topliss-reactive ketones (excluding diaryl/α,β-unsaturated/α-hetero) is 1. The van der Waals surface area contributed by atoms with E-state index in [9.17, 15) is 14.7 Å². The number of ether oxygens (including phenoxy) is 3. The first-order valence-corrected chi connectivity index (χ1v) is 16.9. The average Bonchev–Trinajstić information content (AvgIpc) is 3.84. The molecule has 4 aliphatic rings. The number of methoxy groups -OCH3 is 1. The van der Waals surface area contributed by atoms with E-state index in [1.54, 1.807) is 6.07 Å². The van der Waals surface area contributed by atoms with Crippen LogP contribution in [-0.4, -0.2) is 30.6 Å². The standard InChI is InChI=1S/C20H19ClO4.C9H9ClO.C9H7ClO/c1-23-20(22)9-13-11-24-19-10-15(4-6-17(13)19)25-18-7-2-12-8-14(21)3-5-16(12)18;2*10-7-2-3-8-6(5-7)1-4-9(8)11/h3-6,8,10,13,18H,2,7,9,11H2,1H3;2-3,5,9,11H,1,4H2;2-3,5H,1,4H2/t13-,18-;9-;/m10./s1. The van der Waals surface area contributed by atoms with Gasteiger partial charge in [-0.3, -0.25) is 9.59 Å². The van der Waals surface area contributed by atoms with Gasteiger partial charge in [0.2, 0.25) is 0 Å². The first-order valence-electron chi connectivity index (χ1n) is 15.7. The van der Waals surface area contributed by atoms with E-state index in [4.69, 9.17) is 49.0 Å². The molecule has 0 saturated carbocycles. The second kappa shape index (κ2) is 14.7. The Morgan fingerprint density at radius 2 is 1.43 bits per heavy atom. The minimum absolute atomic E-state index is 0.0394. The van der Waals surface area contributed by atoms with Gasteiger partial charge in [-0.15, -0.1) is 0 Å². The Kier molecular flexibility index (Phi) is 10.4. The van der Waals surface area contributed by atoms with Crippen molar-refractivity contribution in [2.24, 2.45) is 0 Å². The first-order chi connectivity index (χ1) is 22.7. The number of rotatable bonds is 4. The smallest absolute Gasteiger partial charge is 0.306 e. The fourth-order valence-corrected chi connectivity index (χ4v) is 7.19. The highest BCUT2D eigenvalue weighted by molar-refractivity contribution is 6.31. The maximum atomic E-state index is 11.5. The van der Waals surface area contributed by atoms with Crippen molar-refractivity contribution in [1.29, 1.82) is 0 Å². The molecule has 0 amide bonds. The number of hydrogen-bond donors (Lipinski definition) is 1. The van der Waals surface area contributed by atoms with Gasteiger partial charge in [0, 0.05) is 44.6 Å². The minimum atomic E-state index is -0.262. The third kappa shape index (κ3) is 7.79. The molecule has 1 heterocycles. The number of hydrogen-bond acceptors (Lipinski definition) is 6. The van der Waals surface area contributed by atoms with Crippen LogP contribution >= 0.6 is 34.8 Å². The van der Waals surface area contributed by atoms with Gasteiger partial charge in [-0.2, -0.15) is 0 Å². The molecule has 0 unspecified atom stereocenters. The predicted octanol–water partition coefficient (Wildman–Crippen LogP) is 9.23. The van der Waals surface area contributed by atoms with E-state index >= 15 is 0 Å². The number of ketones is 1. The van der Waals surface area contributed by atoms with E-state index in [1.165, 1.54) is 23.8 Å². The lowest BCUT2D eigenvalue weighted by Gasteiger charge is -2.16. The summed E-state index contributed by atoms with van der Waals surface area (Å²) in [4.78, 5) is 22.6. The van der Waals surface area contributed by atoms with Crippen LogP contribution in [0, 0.1) is 0 Å². The summed E-state index contributed by atoms with van der Waals surface area (Å²) in [6, 6.07) is 23.0. The second-order valence-electron chi connectivity index (χ2n) is 12.1. The molecule has 9 heteroatoms. The molecule has 0 saturated heterocycles. The number of fused-ring (bicyclic) bond motifs is 4. The third-order valence-corrected chi connectivity index (χ3v) is 9.76. The van der Waals surface area contributed by atoms with Crippen LogP contribution in [0.1, 0.15) is 87.5 Å². The van der Waals surface area contributed by atoms with Gasteiger partial charge in [0.1, 0.15) is 17.6 Å². The molecule has 0 spiro atoms. The molecule has 3 atom stereocenters. The number of aryl methyl sites for hydroxylation is 3. The molecule has 1 aliphatic heterocycles. The predicted molar refractivity (Wildman–Crippen MR) is 183 cm³/mol. The topological polar surface area (TPSA) is 82.1 Å². The van der Waals surface area contributed by atoms with Crippen molar-refractivity contribution in [3.63, 3.8) is 0 Å². The van der Waals surface area contributed by atoms with E-state index in [0.717, 1.165) is 80.9 Å². The molecular weight excluding hydrogens is 659 g/mol. The second-order valence-corrected chi connectivity index (χ2v) is 13.4. The fourth-order valence-electron chi connectivity index (χ4n) is 6.61. The van der Waals surface area contributed by atoms with Crippen molar-refractivity contribution >= 4 is 46.6 Å². The van der Waals surface area contributed by atoms with Crippen LogP contribution in [0.2, 0.25) is 15.1 Å². The zero-order valence-corrected chi connectivity index (χ0v) is 28.2. The highest BCUT2D eigenvalue weighted by Crippen LogP contribution is 2.41. The van der Waals surface area contributed by atoms with Crippen LogP contribution < -0.4 is 9.47 Å². The van der Waals surface area contributed by atoms with Crippen molar-refractivity contribution in [3.8, 4) is 11.5 Å². The van der Waals surface area contributed by atoms with Crippen molar-refractivity contribution in [2.45, 2.75) is 63.1 Å². The summed E-state index contributed by atoms with van der Waals surface area (Å²) in [6.07, 6.45) is 5.33. The van der Waals surface area contributed by atoms with Gasteiger partial charge in [0.15, 0.2) is 5.78 Å². The SMILES string of the molecule is COC(=O)C[C@@H]1COc2cc(O[C@@H]3CCc4cc(Cl)ccc43)ccc21.O=C1CCc2cc(Cl)ccc21.O[C@H]1CCc2cc(Cl)ccc21. The van der Waals surface area contributed by atoms with Gasteiger partial charge in [-0.05, 0) is 108 Å². The van der Waals surface area contributed by atoms with Gasteiger partial charge in [0.25, 0.3) is 0 Å². The maximum absolute atomic E-state index is 11.5. The Morgan fingerprint density at radius 1 is 0.787 bits per heavy atom. The molecule has 244 valence electrons. The summed E-state index contributed by atoms with van der Waals surface area (Å²) in [6.45, 7) is 0.499. The van der Waals surface area contributed by atoms with E-state index in [0.29, 0.717) is 19.4 Å². The van der Waals surface area contributed by atoms with E-state index < -0.39 is 0 Å². The first kappa shape index (κ1) is 33.4. The van der Waals surface area contributed by atoms with Crippen LogP contribution in [0.15, 0.2) is 72.8 Å². The van der Waals surface area contributed by atoms with Crippen molar-refractivity contribution < 1.29 is 28.9 Å². The van der Waals surface area contributed by atoms with Crippen LogP contribution in [0.4, 0.5) is 0 Å². The van der Waals surface area contributed by atoms with Gasteiger partial charge < -0.3 is 19.3 Å². The Morgan fingerprint density at radius 3 is 2.17 bits per heavy atom. The molecule has 1 N–H and O–H groups in total. The van der Waals surface area contributed by atoms with Crippen LogP contribution in [0.5, 0.6) is 11.5 Å². The third-order valence-electron chi connectivity index (χ3n) is 9.05. The Hall–Kier alpha value is -3.55. The van der Waals surface area contributed by atoms with Gasteiger partial charge in [-0.25, -0.2) is 0 Å². The van der Waals surface area contributed by atoms with E-state index in [-0.39, 0.29) is 29.9 Å². The summed E-state index contributed by atoms with van der Waals surface area (Å²) in [5.41, 5.74) is 7.70. The number of aliphatic hydroxyl groups is 1. The summed E-state index contributed by atoms with van der Waals surface area (Å²) < 4.78 is 16.7. The number of benzene rings is 4. The lowest BCUT2D eigenvalue weighted by Crippen LogP contribution is -2.09. The summed E-state index contributed by atoms with van der Waals surface area (Å²) in [7, 11) is 1.41. The number of halogens is 3. The molecule has 47 heavy (non-hydrogen) atoms. The van der Waals surface area contributed by atoms with Gasteiger partial charge >= 0.3 is 5.97 Å². The largest absolute Gasteiger partial charge is 0.492 e. The monoisotopic (exact) mass is 692 g/mol. The fraction of sp³-hybridized carbons (Fsp3) is 0.316. The van der Waals surface area contributed by atoms with Crippen molar-refractivity contribution in [1.82, 2.24) is 0 Å². The molecule has 6 nitrogen and oxygen atoms in total. The number of carbonyl (C=O) groups excluding carboxylic acids is 2. The molecular formula is C38H35Cl3O6. The molecule has 4 aromatic carbocycles. The molecule has 0 fully saturated rings. The number of aliphatic hydroxyl groups excluding tert-OH is 1. The molecule has 0 radical (unpaired) electrons. The normalized spacial score (nSPS) is 19.6. The van der Waals surface area contributed by atoms with Crippen LogP contribution in [0.3, 0.4) is 0 Å². The van der Waals surface area contributed by atoms with Gasteiger partial charge in [-0.1, -0.05) is 53.0 Å². The maximum Gasteiger partial charge on any atom is 0.306 e. The van der Waals surface area contributed by atoms with Crippen molar-refractivity contribution in [3.05, 3.63) is 127 Å². The van der Waals surface area contributed by atoms with Crippen molar-refractivity contribution in [2.75, 3.05) is 13.7 Å². The summed E-state index contributed by atoms with van der Waals surface area (Å²) >= 11 is 17.6. The van der Waals surface area contributed by atoms with Crippen LogP contribution in [-0.2, 0) is 28.8 Å². The zero-order valence-electron chi connectivity index (χ0n) is 25.9. The minimum Gasteiger partial charge on any atom is -0.492 e. The Bertz CT molecular complexity index is 1800. The summed E-state index contributed by atoms with van der Waals surface area (Å²) in [5, 5.41) is 11.7. The van der Waals surface area contributed by atoms with Gasteiger partial charge in [0.05, 0.1) is 26.2 Å². The quantitative estimate of drug-likeness (QED) is 0.215.